The van der Waals surface area contributed by atoms with Gasteiger partial charge in [-0.2, -0.15) is 10.6 Å². The molecule has 13 heavy (non-hydrogen) atoms. The van der Waals surface area contributed by atoms with Gasteiger partial charge < -0.3 is 9.80 Å². The molecule has 0 aliphatic carbocycles. The Hall–Kier alpha value is -1.56. The number of hydrogen-bond acceptors (Lipinski definition) is 3. The molecule has 0 saturated heterocycles. The average molecular weight is 183 g/mol. The third-order valence-corrected chi connectivity index (χ3v) is 2.23. The lowest BCUT2D eigenvalue weighted by Crippen LogP contribution is -2.99. The minimum atomic E-state index is -0.123. The minimum absolute atomic E-state index is 0.123. The monoisotopic (exact) mass is 183 g/mol. The van der Waals surface area contributed by atoms with Crippen molar-refractivity contribution in [3.63, 3.8) is 0 Å². The van der Waals surface area contributed by atoms with Crippen LogP contribution in [0.2, 0.25) is 0 Å². The van der Waals surface area contributed by atoms with Crippen molar-refractivity contribution in [3.8, 4) is 0 Å². The Balaban J connectivity index is 2.42. The molecule has 6 heteroatoms. The lowest BCUT2D eigenvalue weighted by atomic mass is 10.3. The fourth-order valence-electron chi connectivity index (χ4n) is 1.68. The van der Waals surface area contributed by atoms with Crippen molar-refractivity contribution < 1.29 is 15.5 Å². The Labute approximate surface area is 75.7 Å². The van der Waals surface area contributed by atoms with Crippen LogP contribution < -0.4 is 16.0 Å². The molecule has 0 aromatic rings. The molecule has 0 aromatic carbocycles. The molecule has 70 valence electrons. The number of hydrogen-bond donors (Lipinski definition) is 3. The molecular formula is C7H13N5O+2. The highest BCUT2D eigenvalue weighted by Crippen LogP contribution is 2.16. The van der Waals surface area contributed by atoms with Gasteiger partial charge in [0.25, 0.3) is 0 Å². The van der Waals surface area contributed by atoms with Crippen LogP contribution in [-0.2, 0) is 4.79 Å². The fraction of sp³-hybridized carbons (Fsp3) is 0.429. The maximum Gasteiger partial charge on any atom is 0.450 e. The van der Waals surface area contributed by atoms with E-state index in [1.165, 1.54) is 0 Å². The molecule has 0 aromatic heterocycles. The first kappa shape index (κ1) is 8.06. The van der Waals surface area contributed by atoms with E-state index in [4.69, 9.17) is 5.41 Å². The van der Waals surface area contributed by atoms with Gasteiger partial charge in [0.2, 0.25) is 11.5 Å². The predicted octanol–water partition coefficient (Wildman–Crippen LogP) is -4.20. The van der Waals surface area contributed by atoms with Crippen molar-refractivity contribution in [1.82, 2.24) is 15.1 Å². The van der Waals surface area contributed by atoms with E-state index in [1.54, 1.807) is 5.32 Å². The van der Waals surface area contributed by atoms with Crippen LogP contribution in [-0.4, -0.2) is 42.4 Å². The number of rotatable bonds is 0. The molecule has 0 bridgehead atoms. The van der Waals surface area contributed by atoms with Crippen LogP contribution in [0.25, 0.3) is 0 Å². The Morgan fingerprint density at radius 1 is 1.46 bits per heavy atom. The first-order valence-electron chi connectivity index (χ1n) is 4.04. The summed E-state index contributed by atoms with van der Waals surface area (Å²) in [6.07, 6.45) is 0. The Morgan fingerprint density at radius 2 is 2.15 bits per heavy atom. The maximum atomic E-state index is 11.5. The van der Waals surface area contributed by atoms with Gasteiger partial charge in [-0.3, -0.25) is 0 Å². The van der Waals surface area contributed by atoms with Crippen LogP contribution in [0.5, 0.6) is 0 Å². The summed E-state index contributed by atoms with van der Waals surface area (Å²) in [5.41, 5.74) is 0.691. The van der Waals surface area contributed by atoms with E-state index in [0.717, 1.165) is 12.5 Å². The highest BCUT2D eigenvalue weighted by Gasteiger charge is 2.41. The zero-order valence-corrected chi connectivity index (χ0v) is 7.66. The summed E-state index contributed by atoms with van der Waals surface area (Å²) in [7, 11) is 3.81. The SMILES string of the molecule is CN1CN(C)C2=C1[NH2+]C(=[NH2+])NC2=O. The van der Waals surface area contributed by atoms with E-state index in [0.29, 0.717) is 11.7 Å². The highest BCUT2D eigenvalue weighted by atomic mass is 16.2. The summed E-state index contributed by atoms with van der Waals surface area (Å²) < 4.78 is 0. The van der Waals surface area contributed by atoms with Gasteiger partial charge in [0.05, 0.1) is 6.67 Å². The number of carbonyl (C=O) groups is 1. The van der Waals surface area contributed by atoms with Gasteiger partial charge in [-0.05, 0) is 0 Å². The first-order chi connectivity index (χ1) is 6.09. The summed E-state index contributed by atoms with van der Waals surface area (Å²) in [6.45, 7) is 0.724. The molecule has 0 spiro atoms. The van der Waals surface area contributed by atoms with Crippen molar-refractivity contribution in [2.45, 2.75) is 0 Å². The molecule has 0 fully saturated rings. The maximum absolute atomic E-state index is 11.5. The summed E-state index contributed by atoms with van der Waals surface area (Å²) >= 11 is 0. The number of quaternary nitrogens is 1. The molecule has 0 saturated carbocycles. The molecule has 2 rings (SSSR count). The Kier molecular flexibility index (Phi) is 1.53. The zero-order valence-electron chi connectivity index (χ0n) is 7.66. The molecule has 6 nitrogen and oxygen atoms in total. The number of amides is 1. The normalized spacial score (nSPS) is 22.3. The predicted molar refractivity (Wildman–Crippen MR) is 44.4 cm³/mol. The molecule has 0 unspecified atom stereocenters. The van der Waals surface area contributed by atoms with Gasteiger partial charge in [0.15, 0.2) is 0 Å². The molecule has 2 aliphatic heterocycles. The van der Waals surface area contributed by atoms with Crippen LogP contribution >= 0.6 is 0 Å². The van der Waals surface area contributed by atoms with Gasteiger partial charge in [-0.1, -0.05) is 0 Å². The number of nitrogens with one attached hydrogen (secondary N) is 1. The van der Waals surface area contributed by atoms with E-state index in [1.807, 2.05) is 23.9 Å². The van der Waals surface area contributed by atoms with E-state index < -0.39 is 0 Å². The summed E-state index contributed by atoms with van der Waals surface area (Å²) in [4.78, 5) is 15.4. The van der Waals surface area contributed by atoms with Crippen molar-refractivity contribution in [3.05, 3.63) is 11.5 Å². The third-order valence-electron chi connectivity index (χ3n) is 2.23. The standard InChI is InChI=1S/C7H11N5O/c1-11-3-12(2)5-4(11)6(13)10-7(8)9-5/h3H2,1-2H3,(H3,8,9,10,13)/p+2. The summed E-state index contributed by atoms with van der Waals surface area (Å²) in [5.74, 6) is 1.18. The molecule has 2 heterocycles. The second-order valence-electron chi connectivity index (χ2n) is 3.32. The molecule has 0 atom stereocenters. The lowest BCUT2D eigenvalue weighted by Gasteiger charge is -2.11. The minimum Gasteiger partial charge on any atom is -0.344 e. The molecule has 2 aliphatic rings. The molecule has 5 N–H and O–H groups in total. The van der Waals surface area contributed by atoms with Crippen LogP contribution in [0.15, 0.2) is 11.5 Å². The Bertz CT molecular complexity index is 321. The summed E-state index contributed by atoms with van der Waals surface area (Å²) in [6, 6.07) is 0. The van der Waals surface area contributed by atoms with Gasteiger partial charge in [-0.15, -0.1) is 0 Å². The van der Waals surface area contributed by atoms with Gasteiger partial charge in [0, 0.05) is 14.1 Å². The summed E-state index contributed by atoms with van der Waals surface area (Å²) in [5, 5.41) is 9.89. The number of nitrogens with zero attached hydrogens (tertiary/aromatic N) is 2. The van der Waals surface area contributed by atoms with Crippen molar-refractivity contribution in [2.75, 3.05) is 20.8 Å². The van der Waals surface area contributed by atoms with Gasteiger partial charge >= 0.3 is 11.9 Å². The van der Waals surface area contributed by atoms with Crippen molar-refractivity contribution >= 4 is 11.9 Å². The van der Waals surface area contributed by atoms with E-state index in [-0.39, 0.29) is 5.91 Å². The fourth-order valence-corrected chi connectivity index (χ4v) is 1.68. The smallest absolute Gasteiger partial charge is 0.344 e. The first-order valence-corrected chi connectivity index (χ1v) is 4.04. The zero-order chi connectivity index (χ0) is 9.59. The Morgan fingerprint density at radius 3 is 2.85 bits per heavy atom. The number of guanidine groups is 1. The molecule has 1 amide bonds. The number of carbonyl (C=O) groups excluding carboxylic acids is 1. The molecular weight excluding hydrogens is 170 g/mol. The van der Waals surface area contributed by atoms with Crippen LogP contribution in [0.3, 0.4) is 0 Å². The molecule has 0 radical (unpaired) electrons. The second kappa shape index (κ2) is 2.46. The topological polar surface area (TPSA) is 77.8 Å². The quantitative estimate of drug-likeness (QED) is 0.356. The van der Waals surface area contributed by atoms with E-state index in [9.17, 15) is 4.79 Å². The highest BCUT2D eigenvalue weighted by molar-refractivity contribution is 6.03. The largest absolute Gasteiger partial charge is 0.450 e. The number of likely N-dealkylation sites (N-methyl/N-ethyl adjacent to an activating group) is 1. The van der Waals surface area contributed by atoms with Crippen LogP contribution in [0, 0.1) is 0 Å². The van der Waals surface area contributed by atoms with E-state index >= 15 is 0 Å². The van der Waals surface area contributed by atoms with Gasteiger partial charge in [-0.25, -0.2) is 10.2 Å². The van der Waals surface area contributed by atoms with Crippen LogP contribution in [0.4, 0.5) is 0 Å². The average Bonchev–Trinajstić information content (AvgIpc) is 2.27. The van der Waals surface area contributed by atoms with Crippen LogP contribution in [0.1, 0.15) is 0 Å². The second-order valence-corrected chi connectivity index (χ2v) is 3.32. The van der Waals surface area contributed by atoms with E-state index in [2.05, 4.69) is 5.32 Å². The third kappa shape index (κ3) is 1.06. The lowest BCUT2D eigenvalue weighted by molar-refractivity contribution is -0.537. The number of nitrogens with two attached hydrogens (primary N) is 2. The van der Waals surface area contributed by atoms with Gasteiger partial charge in [0.1, 0.15) is 0 Å². The van der Waals surface area contributed by atoms with Crippen molar-refractivity contribution in [2.24, 2.45) is 0 Å². The van der Waals surface area contributed by atoms with Crippen molar-refractivity contribution in [1.29, 1.82) is 0 Å².